The number of hydrogen-bond acceptors (Lipinski definition) is 3. The molecule has 1 saturated heterocycles. The van der Waals surface area contributed by atoms with E-state index in [0.717, 1.165) is 18.6 Å². The number of unbranched alkanes of at least 4 members (excludes halogenated alkanes) is 1. The van der Waals surface area contributed by atoms with Crippen molar-refractivity contribution in [2.75, 3.05) is 13.2 Å². The number of hydrogen-bond donors (Lipinski definition) is 0. The van der Waals surface area contributed by atoms with E-state index < -0.39 is 17.9 Å². The minimum atomic E-state index is -0.892. The predicted molar refractivity (Wildman–Crippen MR) is 95.2 cm³/mol. The second-order valence-electron chi connectivity index (χ2n) is 6.34. The number of rotatable bonds is 4. The number of pyridine rings is 1. The van der Waals surface area contributed by atoms with Gasteiger partial charge in [-0.1, -0.05) is 25.7 Å². The van der Waals surface area contributed by atoms with Gasteiger partial charge in [-0.15, -0.1) is 0 Å². The first-order valence-corrected chi connectivity index (χ1v) is 8.82. The largest absolute Gasteiger partial charge is 0.342 e. The molecule has 1 aliphatic rings. The predicted octanol–water partition coefficient (Wildman–Crippen LogP) is 4.56. The van der Waals surface area contributed by atoms with Crippen LogP contribution in [0.3, 0.4) is 0 Å². The lowest BCUT2D eigenvalue weighted by atomic mass is 10.0. The molecule has 1 aromatic carbocycles. The highest BCUT2D eigenvalue weighted by Gasteiger charge is 2.20. The van der Waals surface area contributed by atoms with Crippen molar-refractivity contribution < 1.29 is 18.3 Å². The van der Waals surface area contributed by atoms with Gasteiger partial charge >= 0.3 is 0 Å². The first kappa shape index (κ1) is 18.5. The van der Waals surface area contributed by atoms with E-state index in [1.54, 1.807) is 18.3 Å². The smallest absolute Gasteiger partial charge is 0.222 e. The summed E-state index contributed by atoms with van der Waals surface area (Å²) >= 11 is 0. The van der Waals surface area contributed by atoms with E-state index in [2.05, 4.69) is 23.7 Å². The van der Waals surface area contributed by atoms with Crippen molar-refractivity contribution in [2.24, 2.45) is 5.92 Å². The first-order valence-electron chi connectivity index (χ1n) is 8.82. The molecule has 0 aliphatic carbocycles. The van der Waals surface area contributed by atoms with Crippen LogP contribution in [0, 0.1) is 29.4 Å². The molecule has 0 radical (unpaired) electrons. The van der Waals surface area contributed by atoms with Crippen LogP contribution in [-0.4, -0.2) is 24.5 Å². The van der Waals surface area contributed by atoms with E-state index >= 15 is 0 Å². The van der Waals surface area contributed by atoms with Crippen molar-refractivity contribution in [1.82, 2.24) is 4.98 Å². The number of aromatic nitrogens is 1. The van der Waals surface area contributed by atoms with Crippen LogP contribution >= 0.6 is 0 Å². The minimum absolute atomic E-state index is 0.449. The van der Waals surface area contributed by atoms with Crippen molar-refractivity contribution in [1.29, 1.82) is 0 Å². The number of nitrogens with zero attached hydrogens (tertiary/aromatic N) is 1. The SMILES string of the molecule is CCCC[C@H]1CO[C@H](C#Cc2ccc(-c3ccc(F)c(F)c3)nc2)OC1. The molecule has 0 N–H and O–H groups in total. The van der Waals surface area contributed by atoms with Crippen LogP contribution in [0.2, 0.25) is 0 Å². The number of halogens is 2. The van der Waals surface area contributed by atoms with Crippen molar-refractivity contribution in [3.8, 4) is 23.1 Å². The summed E-state index contributed by atoms with van der Waals surface area (Å²) in [6, 6.07) is 7.21. The van der Waals surface area contributed by atoms with Crippen molar-refractivity contribution in [3.05, 3.63) is 53.7 Å². The van der Waals surface area contributed by atoms with Crippen LogP contribution in [0.4, 0.5) is 8.78 Å². The Morgan fingerprint density at radius 2 is 1.92 bits per heavy atom. The van der Waals surface area contributed by atoms with E-state index in [9.17, 15) is 8.78 Å². The molecule has 3 rings (SSSR count). The summed E-state index contributed by atoms with van der Waals surface area (Å²) < 4.78 is 37.6. The molecule has 26 heavy (non-hydrogen) atoms. The number of benzene rings is 1. The first-order chi connectivity index (χ1) is 12.7. The third-order valence-corrected chi connectivity index (χ3v) is 4.25. The Bertz CT molecular complexity index is 788. The van der Waals surface area contributed by atoms with E-state index in [4.69, 9.17) is 9.47 Å². The fourth-order valence-corrected chi connectivity index (χ4v) is 2.72. The topological polar surface area (TPSA) is 31.4 Å². The molecule has 2 heterocycles. The summed E-state index contributed by atoms with van der Waals surface area (Å²) in [5.74, 6) is 4.60. The van der Waals surface area contributed by atoms with Gasteiger partial charge < -0.3 is 9.47 Å². The summed E-state index contributed by atoms with van der Waals surface area (Å²) in [6.45, 7) is 3.52. The third kappa shape index (κ3) is 4.87. The Kier molecular flexibility index (Phi) is 6.32. The molecule has 0 saturated carbocycles. The molecule has 0 bridgehead atoms. The molecule has 0 atom stereocenters. The standard InChI is InChI=1S/C21H21F2NO2/c1-2-3-4-16-13-25-21(26-14-16)10-6-15-5-9-20(24-12-15)17-7-8-18(22)19(23)11-17/h5,7-9,11-12,16,21H,2-4,13-14H2,1H3/t16-,21-. The molecule has 136 valence electrons. The maximum absolute atomic E-state index is 13.3. The summed E-state index contributed by atoms with van der Waals surface area (Å²) in [6.07, 6.45) is 4.55. The van der Waals surface area contributed by atoms with Crippen LogP contribution in [0.1, 0.15) is 31.7 Å². The van der Waals surface area contributed by atoms with Gasteiger partial charge in [0.1, 0.15) is 0 Å². The molecular formula is C21H21F2NO2. The van der Waals surface area contributed by atoms with Crippen LogP contribution in [0.25, 0.3) is 11.3 Å². The van der Waals surface area contributed by atoms with Gasteiger partial charge in [0.05, 0.1) is 18.9 Å². The zero-order valence-electron chi connectivity index (χ0n) is 14.7. The van der Waals surface area contributed by atoms with Gasteiger partial charge in [-0.3, -0.25) is 4.98 Å². The van der Waals surface area contributed by atoms with E-state index in [-0.39, 0.29) is 0 Å². The lowest BCUT2D eigenvalue weighted by Crippen LogP contribution is -2.31. The molecule has 3 nitrogen and oxygen atoms in total. The van der Waals surface area contributed by atoms with Gasteiger partial charge in [0.15, 0.2) is 11.6 Å². The highest BCUT2D eigenvalue weighted by molar-refractivity contribution is 5.59. The monoisotopic (exact) mass is 357 g/mol. The molecule has 0 spiro atoms. The quantitative estimate of drug-likeness (QED) is 0.752. The Hall–Kier alpha value is -2.29. The molecule has 5 heteroatoms. The average Bonchev–Trinajstić information content (AvgIpc) is 2.68. The number of ether oxygens (including phenoxy) is 2. The highest BCUT2D eigenvalue weighted by Crippen LogP contribution is 2.20. The lowest BCUT2D eigenvalue weighted by molar-refractivity contribution is -0.170. The average molecular weight is 357 g/mol. The van der Waals surface area contributed by atoms with Crippen LogP contribution < -0.4 is 0 Å². The summed E-state index contributed by atoms with van der Waals surface area (Å²) in [4.78, 5) is 4.26. The third-order valence-electron chi connectivity index (χ3n) is 4.25. The van der Waals surface area contributed by atoms with Crippen molar-refractivity contribution >= 4 is 0 Å². The van der Waals surface area contributed by atoms with Gasteiger partial charge in [-0.25, -0.2) is 8.78 Å². The summed E-state index contributed by atoms with van der Waals surface area (Å²) in [7, 11) is 0. The Morgan fingerprint density at radius 3 is 2.58 bits per heavy atom. The van der Waals surface area contributed by atoms with Crippen molar-refractivity contribution in [3.63, 3.8) is 0 Å². The summed E-state index contributed by atoms with van der Waals surface area (Å²) in [5.41, 5.74) is 1.77. The zero-order valence-corrected chi connectivity index (χ0v) is 14.7. The second kappa shape index (κ2) is 8.88. The van der Waals surface area contributed by atoms with Crippen molar-refractivity contribution in [2.45, 2.75) is 32.5 Å². The minimum Gasteiger partial charge on any atom is -0.342 e. The fraction of sp³-hybridized carbons (Fsp3) is 0.381. The second-order valence-corrected chi connectivity index (χ2v) is 6.34. The van der Waals surface area contributed by atoms with Gasteiger partial charge in [0.2, 0.25) is 6.29 Å². The van der Waals surface area contributed by atoms with Crippen LogP contribution in [0.15, 0.2) is 36.5 Å². The molecular weight excluding hydrogens is 336 g/mol. The van der Waals surface area contributed by atoms with Gasteiger partial charge in [0, 0.05) is 23.2 Å². The maximum atomic E-state index is 13.3. The fourth-order valence-electron chi connectivity index (χ4n) is 2.72. The van der Waals surface area contributed by atoms with Gasteiger partial charge in [0.25, 0.3) is 0 Å². The van der Waals surface area contributed by atoms with E-state index in [1.165, 1.54) is 18.9 Å². The molecule has 1 fully saturated rings. The molecule has 0 amide bonds. The highest BCUT2D eigenvalue weighted by atomic mass is 19.2. The Morgan fingerprint density at radius 1 is 1.12 bits per heavy atom. The zero-order chi connectivity index (χ0) is 18.4. The maximum Gasteiger partial charge on any atom is 0.222 e. The molecule has 1 aromatic heterocycles. The van der Waals surface area contributed by atoms with E-state index in [0.29, 0.717) is 36.0 Å². The Labute approximate surface area is 152 Å². The van der Waals surface area contributed by atoms with Crippen LogP contribution in [0.5, 0.6) is 0 Å². The molecule has 2 aromatic rings. The molecule has 0 unspecified atom stereocenters. The molecule has 1 aliphatic heterocycles. The summed E-state index contributed by atoms with van der Waals surface area (Å²) in [5, 5.41) is 0. The normalized spacial score (nSPS) is 19.7. The van der Waals surface area contributed by atoms with E-state index in [1.807, 2.05) is 0 Å². The van der Waals surface area contributed by atoms with Crippen LogP contribution in [-0.2, 0) is 9.47 Å². The lowest BCUT2D eigenvalue weighted by Gasteiger charge is -2.26. The van der Waals surface area contributed by atoms with Gasteiger partial charge in [-0.2, -0.15) is 0 Å². The van der Waals surface area contributed by atoms with Gasteiger partial charge in [-0.05, 0) is 42.7 Å². The Balaban J connectivity index is 1.58.